The maximum Gasteiger partial charge on any atom is -0.00990 e. The molecule has 0 aromatic carbocycles. The van der Waals surface area contributed by atoms with Crippen molar-refractivity contribution in [1.29, 1.82) is 0 Å². The molecule has 0 fully saturated rings. The van der Waals surface area contributed by atoms with Crippen LogP contribution in [0.25, 0.3) is 33.4 Å². The van der Waals surface area contributed by atoms with E-state index in [1.807, 2.05) is 0 Å². The van der Waals surface area contributed by atoms with E-state index in [-0.39, 0.29) is 10.8 Å². The normalized spacial score (nSPS) is 12.6. The van der Waals surface area contributed by atoms with Gasteiger partial charge in [-0.2, -0.15) is 0 Å². The van der Waals surface area contributed by atoms with Gasteiger partial charge in [-0.15, -0.1) is 0 Å². The summed E-state index contributed by atoms with van der Waals surface area (Å²) >= 11 is 0. The van der Waals surface area contributed by atoms with E-state index < -0.39 is 0 Å². The summed E-state index contributed by atoms with van der Waals surface area (Å²) in [4.78, 5) is 0. The molecule has 0 radical (unpaired) electrons. The maximum absolute atomic E-state index is 2.30. The van der Waals surface area contributed by atoms with Crippen LogP contribution >= 0.6 is 0 Å². The lowest BCUT2D eigenvalue weighted by atomic mass is 9.88. The summed E-state index contributed by atoms with van der Waals surface area (Å²) in [6.07, 6.45) is 0. The zero-order valence-electron chi connectivity index (χ0n) is 17.9. The van der Waals surface area contributed by atoms with Crippen LogP contribution in [-0.2, 0) is 10.8 Å². The van der Waals surface area contributed by atoms with Crippen LogP contribution in [0.1, 0.15) is 52.7 Å². The highest BCUT2D eigenvalue weighted by Gasteiger charge is 2.19. The lowest BCUT2D eigenvalue weighted by Gasteiger charge is -2.17. The molecule has 0 unspecified atom stereocenters. The highest BCUT2D eigenvalue weighted by molar-refractivity contribution is 5.95. The topological polar surface area (TPSA) is 0 Å². The summed E-state index contributed by atoms with van der Waals surface area (Å²) in [7, 11) is 0. The van der Waals surface area contributed by atoms with Gasteiger partial charge in [0.05, 0.1) is 0 Å². The van der Waals surface area contributed by atoms with Gasteiger partial charge in [0.25, 0.3) is 0 Å². The van der Waals surface area contributed by atoms with Crippen molar-refractivity contribution >= 4 is 0 Å². The predicted octanol–water partition coefficient (Wildman–Crippen LogP) is 8.16. The fraction of sp³-hybridized carbons (Fsp3) is 0.286. The van der Waals surface area contributed by atoms with E-state index in [1.165, 1.54) is 44.5 Å². The zero-order chi connectivity index (χ0) is 20.1. The third kappa shape index (κ3) is 3.33. The number of fused-ring (bicyclic) bond motifs is 2. The molecule has 0 nitrogen and oxygen atoms in total. The highest BCUT2D eigenvalue weighted by Crippen LogP contribution is 2.42. The zero-order valence-corrected chi connectivity index (χ0v) is 17.9. The molecule has 4 aliphatic rings. The molecule has 0 heteroatoms. The van der Waals surface area contributed by atoms with Crippen molar-refractivity contribution in [1.82, 2.24) is 0 Å². The summed E-state index contributed by atoms with van der Waals surface area (Å²) < 4.78 is 0. The molecule has 0 amide bonds. The van der Waals surface area contributed by atoms with Crippen molar-refractivity contribution in [2.75, 3.05) is 0 Å². The van der Waals surface area contributed by atoms with Gasteiger partial charge in [-0.25, -0.2) is 0 Å². The molecule has 0 bridgehead atoms. The smallest absolute Gasteiger partial charge is 0.00990 e. The predicted molar refractivity (Wildman–Crippen MR) is 123 cm³/mol. The van der Waals surface area contributed by atoms with Gasteiger partial charge >= 0.3 is 0 Å². The van der Waals surface area contributed by atoms with Crippen molar-refractivity contribution in [3.05, 3.63) is 83.9 Å². The molecule has 0 heterocycles. The number of hydrogen-bond donors (Lipinski definition) is 0. The molecule has 28 heavy (non-hydrogen) atoms. The molecule has 142 valence electrons. The molecule has 4 aliphatic carbocycles. The maximum atomic E-state index is 2.30. The van der Waals surface area contributed by atoms with Gasteiger partial charge in [0.1, 0.15) is 0 Å². The van der Waals surface area contributed by atoms with Crippen LogP contribution < -0.4 is 0 Å². The molecular weight excluding hydrogens is 336 g/mol. The SMILES string of the molecule is CC(C)(C)c1ccc2ccc(-c3ccc4ccc(C(C)(C)C)ccc3-4)c-2cc1. The number of rotatable bonds is 1. The van der Waals surface area contributed by atoms with Gasteiger partial charge in [0.15, 0.2) is 0 Å². The van der Waals surface area contributed by atoms with Gasteiger partial charge in [-0.05, 0) is 55.3 Å². The first kappa shape index (κ1) is 18.7. The van der Waals surface area contributed by atoms with Gasteiger partial charge in [-0.1, -0.05) is 114 Å². The Bertz CT molecular complexity index is 981. The molecule has 0 spiro atoms. The minimum Gasteiger partial charge on any atom is -0.0579 e. The van der Waals surface area contributed by atoms with Crippen LogP contribution in [0.4, 0.5) is 0 Å². The molecule has 4 rings (SSSR count). The Hall–Kier alpha value is -2.60. The van der Waals surface area contributed by atoms with E-state index in [4.69, 9.17) is 0 Å². The second-order valence-corrected chi connectivity index (χ2v) is 9.98. The first-order chi connectivity index (χ1) is 13.1. The van der Waals surface area contributed by atoms with E-state index in [2.05, 4.69) is 114 Å². The van der Waals surface area contributed by atoms with Crippen molar-refractivity contribution < 1.29 is 0 Å². The lowest BCUT2D eigenvalue weighted by molar-refractivity contribution is 0.590. The summed E-state index contributed by atoms with van der Waals surface area (Å²) in [5, 5.41) is 0. The molecule has 0 atom stereocenters. The van der Waals surface area contributed by atoms with Crippen molar-refractivity contribution in [2.45, 2.75) is 52.4 Å². The van der Waals surface area contributed by atoms with Crippen molar-refractivity contribution in [3.8, 4) is 33.4 Å². The Morgan fingerprint density at radius 1 is 0.357 bits per heavy atom. The molecule has 0 aliphatic heterocycles. The Labute approximate surface area is 169 Å². The second-order valence-electron chi connectivity index (χ2n) is 9.98. The van der Waals surface area contributed by atoms with Crippen LogP contribution in [0.15, 0.2) is 72.8 Å². The number of hydrogen-bond acceptors (Lipinski definition) is 0. The minimum absolute atomic E-state index is 0.154. The fourth-order valence-electron chi connectivity index (χ4n) is 3.97. The minimum atomic E-state index is 0.154. The molecule has 0 saturated heterocycles. The largest absolute Gasteiger partial charge is 0.0579 e. The lowest BCUT2D eigenvalue weighted by Crippen LogP contribution is -2.09. The van der Waals surface area contributed by atoms with Gasteiger partial charge in [0.2, 0.25) is 0 Å². The van der Waals surface area contributed by atoms with Crippen LogP contribution in [0.5, 0.6) is 0 Å². The summed E-state index contributed by atoms with van der Waals surface area (Å²) in [6.45, 7) is 13.6. The monoisotopic (exact) mass is 366 g/mol. The Morgan fingerprint density at radius 3 is 1.00 bits per heavy atom. The first-order valence-electron chi connectivity index (χ1n) is 10.2. The summed E-state index contributed by atoms with van der Waals surface area (Å²) in [6, 6.07) is 27.3. The fourth-order valence-corrected chi connectivity index (χ4v) is 3.97. The van der Waals surface area contributed by atoms with Gasteiger partial charge < -0.3 is 0 Å². The van der Waals surface area contributed by atoms with Crippen LogP contribution in [0.2, 0.25) is 0 Å². The highest BCUT2D eigenvalue weighted by atomic mass is 14.2. The van der Waals surface area contributed by atoms with Crippen LogP contribution in [0.3, 0.4) is 0 Å². The van der Waals surface area contributed by atoms with Crippen LogP contribution in [-0.4, -0.2) is 0 Å². The Morgan fingerprint density at radius 2 is 0.643 bits per heavy atom. The molecular formula is C28H30. The first-order valence-corrected chi connectivity index (χ1v) is 10.2. The van der Waals surface area contributed by atoms with E-state index in [1.54, 1.807) is 0 Å². The quantitative estimate of drug-likeness (QED) is 0.319. The summed E-state index contributed by atoms with van der Waals surface area (Å²) in [5.41, 5.74) is 10.9. The molecule has 0 aromatic rings. The van der Waals surface area contributed by atoms with E-state index in [0.717, 1.165) is 0 Å². The van der Waals surface area contributed by atoms with Gasteiger partial charge in [-0.3, -0.25) is 0 Å². The van der Waals surface area contributed by atoms with E-state index in [0.29, 0.717) is 0 Å². The molecule has 0 saturated carbocycles. The van der Waals surface area contributed by atoms with Crippen molar-refractivity contribution in [3.63, 3.8) is 0 Å². The van der Waals surface area contributed by atoms with Gasteiger partial charge in [0, 0.05) is 0 Å². The molecule has 0 N–H and O–H groups in total. The Balaban J connectivity index is 1.86. The average Bonchev–Trinajstić information content (AvgIpc) is 3.00. The summed E-state index contributed by atoms with van der Waals surface area (Å²) in [5.74, 6) is 0. The van der Waals surface area contributed by atoms with Crippen molar-refractivity contribution in [2.24, 2.45) is 0 Å². The Kier molecular flexibility index (Phi) is 4.34. The molecule has 0 aromatic heterocycles. The van der Waals surface area contributed by atoms with Crippen LogP contribution in [0, 0.1) is 0 Å². The standard InChI is InChI=1S/C28H30/c1-27(2,3)21-11-7-19-9-15-25(23(19)17-13-21)26-16-10-20-8-12-22(28(4,5)6)14-18-24(20)26/h7-18H,1-6H3. The second kappa shape index (κ2) is 6.48. The van der Waals surface area contributed by atoms with E-state index >= 15 is 0 Å². The average molecular weight is 367 g/mol. The third-order valence-corrected chi connectivity index (χ3v) is 5.83. The van der Waals surface area contributed by atoms with E-state index in [9.17, 15) is 0 Å². The third-order valence-electron chi connectivity index (χ3n) is 5.83.